The van der Waals surface area contributed by atoms with E-state index in [9.17, 15) is 0 Å². The molecule has 4 nitrogen and oxygen atoms in total. The third-order valence-corrected chi connectivity index (χ3v) is 4.27. The number of rotatable bonds is 4. The lowest BCUT2D eigenvalue weighted by Gasteiger charge is -2.22. The first-order chi connectivity index (χ1) is 9.78. The van der Waals surface area contributed by atoms with Crippen LogP contribution in [0.4, 0.5) is 11.4 Å². The highest BCUT2D eigenvalue weighted by Gasteiger charge is 2.19. The van der Waals surface area contributed by atoms with E-state index >= 15 is 0 Å². The summed E-state index contributed by atoms with van der Waals surface area (Å²) in [5.41, 5.74) is 8.76. The molecule has 1 aliphatic rings. The molecule has 3 N–H and O–H groups in total. The zero-order valence-corrected chi connectivity index (χ0v) is 12.2. The maximum absolute atomic E-state index is 5.79. The van der Waals surface area contributed by atoms with Crippen molar-refractivity contribution in [2.24, 2.45) is 5.84 Å². The van der Waals surface area contributed by atoms with Crippen molar-refractivity contribution < 1.29 is 0 Å². The molecule has 0 bridgehead atoms. The molecule has 0 fully saturated rings. The van der Waals surface area contributed by atoms with Gasteiger partial charge in [0.2, 0.25) is 0 Å². The number of nitrogens with one attached hydrogen (secondary N) is 1. The number of hydrazine groups is 1. The predicted molar refractivity (Wildman–Crippen MR) is 85.1 cm³/mol. The van der Waals surface area contributed by atoms with Crippen molar-refractivity contribution in [2.75, 3.05) is 23.4 Å². The zero-order valence-electron chi connectivity index (χ0n) is 12.2. The molecule has 106 valence electrons. The summed E-state index contributed by atoms with van der Waals surface area (Å²) in [5.74, 6) is 5.79. The van der Waals surface area contributed by atoms with E-state index in [1.165, 1.54) is 23.4 Å². The fourth-order valence-electron chi connectivity index (χ4n) is 3.20. The summed E-state index contributed by atoms with van der Waals surface area (Å²) in [6, 6.07) is 6.48. The number of anilines is 2. The Bertz CT molecular complexity index is 632. The van der Waals surface area contributed by atoms with Crippen LogP contribution in [0.2, 0.25) is 0 Å². The minimum atomic E-state index is 1.01. The van der Waals surface area contributed by atoms with Crippen molar-refractivity contribution in [2.45, 2.75) is 33.1 Å². The van der Waals surface area contributed by atoms with Crippen LogP contribution in [0.1, 0.15) is 31.5 Å². The Morgan fingerprint density at radius 2 is 2.05 bits per heavy atom. The molecule has 0 amide bonds. The van der Waals surface area contributed by atoms with E-state index in [2.05, 4.69) is 42.4 Å². The van der Waals surface area contributed by atoms with Crippen LogP contribution in [0, 0.1) is 0 Å². The van der Waals surface area contributed by atoms with Crippen LogP contribution < -0.4 is 16.2 Å². The van der Waals surface area contributed by atoms with E-state index < -0.39 is 0 Å². The first kappa shape index (κ1) is 13.2. The summed E-state index contributed by atoms with van der Waals surface area (Å²) in [4.78, 5) is 7.14. The molecule has 0 spiro atoms. The summed E-state index contributed by atoms with van der Waals surface area (Å²) in [6.45, 7) is 6.37. The average Bonchev–Trinajstić information content (AvgIpc) is 2.94. The topological polar surface area (TPSA) is 54.2 Å². The molecule has 0 radical (unpaired) electrons. The average molecular weight is 270 g/mol. The molecule has 0 saturated heterocycles. The van der Waals surface area contributed by atoms with E-state index in [0.717, 1.165) is 42.5 Å². The standard InChI is InChI=1S/C16H22N4/c1-3-20(4-2)11-8-9-15-13(10-11)16(19-17)12-6-5-7-14(12)18-15/h8-10H,3-7,17H2,1-2H3,(H,18,19). The normalized spacial score (nSPS) is 13.6. The summed E-state index contributed by atoms with van der Waals surface area (Å²) >= 11 is 0. The first-order valence-electron chi connectivity index (χ1n) is 7.45. The number of pyridine rings is 1. The minimum absolute atomic E-state index is 1.01. The fraction of sp³-hybridized carbons (Fsp3) is 0.438. The van der Waals surface area contributed by atoms with Crippen LogP contribution in [0.5, 0.6) is 0 Å². The second kappa shape index (κ2) is 5.29. The van der Waals surface area contributed by atoms with Gasteiger partial charge in [0, 0.05) is 29.9 Å². The second-order valence-electron chi connectivity index (χ2n) is 5.28. The SMILES string of the molecule is CCN(CC)c1ccc2nc3c(c(NN)c2c1)CCC3. The monoisotopic (exact) mass is 270 g/mol. The summed E-state index contributed by atoms with van der Waals surface area (Å²) in [5, 5.41) is 1.14. The maximum Gasteiger partial charge on any atom is 0.0728 e. The molecule has 3 rings (SSSR count). The van der Waals surface area contributed by atoms with Gasteiger partial charge >= 0.3 is 0 Å². The third-order valence-electron chi connectivity index (χ3n) is 4.27. The number of hydrogen-bond donors (Lipinski definition) is 2. The number of fused-ring (bicyclic) bond motifs is 2. The number of nitrogen functional groups attached to an aromatic ring is 1. The minimum Gasteiger partial charge on any atom is -0.372 e. The molecule has 1 aromatic carbocycles. The first-order valence-corrected chi connectivity index (χ1v) is 7.45. The highest BCUT2D eigenvalue weighted by Crippen LogP contribution is 2.35. The molecule has 0 aliphatic heterocycles. The predicted octanol–water partition coefficient (Wildman–Crippen LogP) is 2.86. The zero-order chi connectivity index (χ0) is 14.1. The van der Waals surface area contributed by atoms with Gasteiger partial charge in [0.05, 0.1) is 11.2 Å². The Morgan fingerprint density at radius 3 is 2.75 bits per heavy atom. The highest BCUT2D eigenvalue weighted by atomic mass is 15.2. The van der Waals surface area contributed by atoms with Crippen molar-refractivity contribution in [1.29, 1.82) is 0 Å². The number of aromatic nitrogens is 1. The van der Waals surface area contributed by atoms with Gasteiger partial charge in [0.15, 0.2) is 0 Å². The lowest BCUT2D eigenvalue weighted by molar-refractivity contribution is 0.867. The Balaban J connectivity index is 2.20. The van der Waals surface area contributed by atoms with Crippen molar-refractivity contribution in [3.05, 3.63) is 29.5 Å². The van der Waals surface area contributed by atoms with Gasteiger partial charge in [-0.05, 0) is 56.9 Å². The van der Waals surface area contributed by atoms with Crippen LogP contribution in [-0.4, -0.2) is 18.1 Å². The quantitative estimate of drug-likeness (QED) is 0.662. The third kappa shape index (κ3) is 2.00. The lowest BCUT2D eigenvalue weighted by Crippen LogP contribution is -2.21. The van der Waals surface area contributed by atoms with E-state index in [-0.39, 0.29) is 0 Å². The summed E-state index contributed by atoms with van der Waals surface area (Å²) < 4.78 is 0. The fourth-order valence-corrected chi connectivity index (χ4v) is 3.20. The molecular formula is C16H22N4. The summed E-state index contributed by atoms with van der Waals surface area (Å²) in [7, 11) is 0. The van der Waals surface area contributed by atoms with Gasteiger partial charge in [-0.3, -0.25) is 10.8 Å². The van der Waals surface area contributed by atoms with E-state index in [1.54, 1.807) is 0 Å². The largest absolute Gasteiger partial charge is 0.372 e. The van der Waals surface area contributed by atoms with E-state index in [4.69, 9.17) is 10.8 Å². The molecule has 1 aliphatic carbocycles. The van der Waals surface area contributed by atoms with Crippen LogP contribution in [0.15, 0.2) is 18.2 Å². The Kier molecular flexibility index (Phi) is 3.49. The van der Waals surface area contributed by atoms with Gasteiger partial charge in [-0.1, -0.05) is 0 Å². The molecule has 1 aromatic heterocycles. The highest BCUT2D eigenvalue weighted by molar-refractivity contribution is 5.95. The van der Waals surface area contributed by atoms with Crippen molar-refractivity contribution in [3.63, 3.8) is 0 Å². The van der Waals surface area contributed by atoms with Crippen molar-refractivity contribution >= 4 is 22.3 Å². The Morgan fingerprint density at radius 1 is 1.25 bits per heavy atom. The maximum atomic E-state index is 5.79. The summed E-state index contributed by atoms with van der Waals surface area (Å²) in [6.07, 6.45) is 3.32. The molecular weight excluding hydrogens is 248 g/mol. The number of benzene rings is 1. The van der Waals surface area contributed by atoms with Crippen LogP contribution in [-0.2, 0) is 12.8 Å². The van der Waals surface area contributed by atoms with Crippen molar-refractivity contribution in [1.82, 2.24) is 4.98 Å². The molecule has 0 saturated carbocycles. The smallest absolute Gasteiger partial charge is 0.0728 e. The Hall–Kier alpha value is -1.81. The Labute approximate surface area is 120 Å². The molecule has 1 heterocycles. The second-order valence-corrected chi connectivity index (χ2v) is 5.28. The van der Waals surface area contributed by atoms with Gasteiger partial charge < -0.3 is 10.3 Å². The van der Waals surface area contributed by atoms with Crippen LogP contribution >= 0.6 is 0 Å². The van der Waals surface area contributed by atoms with Crippen LogP contribution in [0.3, 0.4) is 0 Å². The van der Waals surface area contributed by atoms with Gasteiger partial charge in [-0.2, -0.15) is 0 Å². The number of hydrogen-bond acceptors (Lipinski definition) is 4. The van der Waals surface area contributed by atoms with Gasteiger partial charge in [0.25, 0.3) is 0 Å². The van der Waals surface area contributed by atoms with Gasteiger partial charge in [-0.25, -0.2) is 0 Å². The van der Waals surface area contributed by atoms with E-state index in [1.807, 2.05) is 0 Å². The van der Waals surface area contributed by atoms with Gasteiger partial charge in [-0.15, -0.1) is 0 Å². The number of aryl methyl sites for hydroxylation is 1. The van der Waals surface area contributed by atoms with Gasteiger partial charge in [0.1, 0.15) is 0 Å². The molecule has 0 atom stereocenters. The van der Waals surface area contributed by atoms with Crippen LogP contribution in [0.25, 0.3) is 10.9 Å². The number of nitrogens with zero attached hydrogens (tertiary/aromatic N) is 2. The lowest BCUT2D eigenvalue weighted by atomic mass is 10.1. The number of nitrogens with two attached hydrogens (primary N) is 1. The molecule has 20 heavy (non-hydrogen) atoms. The van der Waals surface area contributed by atoms with E-state index in [0.29, 0.717) is 0 Å². The van der Waals surface area contributed by atoms with Crippen molar-refractivity contribution in [3.8, 4) is 0 Å². The molecule has 4 heteroatoms. The molecule has 0 unspecified atom stereocenters. The molecule has 2 aromatic rings.